The Bertz CT molecular complexity index is 364. The lowest BCUT2D eigenvalue weighted by atomic mass is 10.1. The number of benzene rings is 1. The van der Waals surface area contributed by atoms with Gasteiger partial charge in [-0.1, -0.05) is 26.8 Å². The molecule has 0 fully saturated rings. The van der Waals surface area contributed by atoms with Gasteiger partial charge in [0.2, 0.25) is 0 Å². The fourth-order valence-electron chi connectivity index (χ4n) is 1.90. The van der Waals surface area contributed by atoms with Crippen LogP contribution in [-0.2, 0) is 6.42 Å². The molecular formula is C15H26N2O. The highest BCUT2D eigenvalue weighted by Crippen LogP contribution is 2.28. The van der Waals surface area contributed by atoms with Crippen molar-refractivity contribution in [3.8, 4) is 5.75 Å². The monoisotopic (exact) mass is 250 g/mol. The second kappa shape index (κ2) is 7.27. The number of likely N-dealkylation sites (N-methyl/N-ethyl adjacent to an activating group) is 1. The Labute approximate surface area is 111 Å². The van der Waals surface area contributed by atoms with E-state index in [4.69, 9.17) is 4.74 Å². The maximum atomic E-state index is 5.43. The van der Waals surface area contributed by atoms with Crippen LogP contribution in [0.2, 0.25) is 0 Å². The van der Waals surface area contributed by atoms with Crippen molar-refractivity contribution in [3.63, 3.8) is 0 Å². The summed E-state index contributed by atoms with van der Waals surface area (Å²) in [6, 6.07) is 6.93. The summed E-state index contributed by atoms with van der Waals surface area (Å²) in [6.45, 7) is 8.46. The zero-order valence-electron chi connectivity index (χ0n) is 12.3. The van der Waals surface area contributed by atoms with Crippen LogP contribution in [0, 0.1) is 0 Å². The molecule has 0 aliphatic heterocycles. The second-order valence-electron chi connectivity index (χ2n) is 4.89. The minimum Gasteiger partial charge on any atom is -0.495 e. The number of ether oxygens (including phenoxy) is 1. The normalized spacial score (nSPS) is 10.8. The number of nitrogens with zero attached hydrogens (tertiary/aromatic N) is 1. The summed E-state index contributed by atoms with van der Waals surface area (Å²) >= 11 is 0. The fourth-order valence-corrected chi connectivity index (χ4v) is 1.90. The molecule has 0 bridgehead atoms. The fraction of sp³-hybridized carbons (Fsp3) is 0.600. The molecule has 1 aromatic rings. The van der Waals surface area contributed by atoms with Crippen molar-refractivity contribution >= 4 is 5.69 Å². The van der Waals surface area contributed by atoms with E-state index in [1.165, 1.54) is 11.3 Å². The van der Waals surface area contributed by atoms with Gasteiger partial charge in [-0.25, -0.2) is 0 Å². The van der Waals surface area contributed by atoms with E-state index in [1.54, 1.807) is 7.11 Å². The summed E-state index contributed by atoms with van der Waals surface area (Å²) in [5, 5.41) is 3.43. The summed E-state index contributed by atoms with van der Waals surface area (Å²) in [5.74, 6) is 0.944. The summed E-state index contributed by atoms with van der Waals surface area (Å²) in [6.07, 6.45) is 1.05. The zero-order chi connectivity index (χ0) is 13.5. The highest BCUT2D eigenvalue weighted by atomic mass is 16.5. The Morgan fingerprint density at radius 1 is 1.33 bits per heavy atom. The Kier molecular flexibility index (Phi) is 5.99. The molecule has 0 atom stereocenters. The van der Waals surface area contributed by atoms with E-state index in [0.29, 0.717) is 6.04 Å². The Morgan fingerprint density at radius 2 is 2.06 bits per heavy atom. The van der Waals surface area contributed by atoms with Gasteiger partial charge in [-0.2, -0.15) is 0 Å². The Morgan fingerprint density at radius 3 is 2.61 bits per heavy atom. The number of anilines is 1. The number of nitrogens with one attached hydrogen (secondary N) is 1. The van der Waals surface area contributed by atoms with Crippen LogP contribution in [0.3, 0.4) is 0 Å². The van der Waals surface area contributed by atoms with Crippen molar-refractivity contribution in [2.24, 2.45) is 0 Å². The summed E-state index contributed by atoms with van der Waals surface area (Å²) in [7, 11) is 3.84. The van der Waals surface area contributed by atoms with Gasteiger partial charge in [0.05, 0.1) is 12.8 Å². The molecule has 0 aromatic heterocycles. The number of hydrogen-bond acceptors (Lipinski definition) is 3. The zero-order valence-corrected chi connectivity index (χ0v) is 12.3. The van der Waals surface area contributed by atoms with Crippen molar-refractivity contribution in [3.05, 3.63) is 23.8 Å². The van der Waals surface area contributed by atoms with Gasteiger partial charge >= 0.3 is 0 Å². The topological polar surface area (TPSA) is 24.5 Å². The third-order valence-corrected chi connectivity index (χ3v) is 3.06. The van der Waals surface area contributed by atoms with E-state index in [-0.39, 0.29) is 0 Å². The molecule has 0 saturated carbocycles. The second-order valence-corrected chi connectivity index (χ2v) is 4.89. The molecule has 0 aliphatic rings. The van der Waals surface area contributed by atoms with Crippen LogP contribution < -0.4 is 15.0 Å². The van der Waals surface area contributed by atoms with Crippen LogP contribution >= 0.6 is 0 Å². The van der Waals surface area contributed by atoms with Crippen molar-refractivity contribution < 1.29 is 4.74 Å². The van der Waals surface area contributed by atoms with Gasteiger partial charge in [-0.15, -0.1) is 0 Å². The van der Waals surface area contributed by atoms with Gasteiger partial charge < -0.3 is 15.0 Å². The first-order valence-electron chi connectivity index (χ1n) is 6.70. The average Bonchev–Trinajstić information content (AvgIpc) is 2.37. The van der Waals surface area contributed by atoms with Crippen molar-refractivity contribution in [1.82, 2.24) is 5.32 Å². The van der Waals surface area contributed by atoms with E-state index in [9.17, 15) is 0 Å². The molecule has 0 spiro atoms. The molecule has 1 aromatic carbocycles. The first kappa shape index (κ1) is 14.8. The van der Waals surface area contributed by atoms with Crippen LogP contribution in [0.5, 0.6) is 5.75 Å². The van der Waals surface area contributed by atoms with E-state index < -0.39 is 0 Å². The molecule has 0 aliphatic carbocycles. The van der Waals surface area contributed by atoms with Crippen molar-refractivity contribution in [1.29, 1.82) is 0 Å². The summed E-state index contributed by atoms with van der Waals surface area (Å²) in [4.78, 5) is 2.24. The van der Waals surface area contributed by atoms with Gasteiger partial charge in [0.1, 0.15) is 5.75 Å². The third-order valence-electron chi connectivity index (χ3n) is 3.06. The molecule has 0 radical (unpaired) electrons. The van der Waals surface area contributed by atoms with Gasteiger partial charge in [0, 0.05) is 26.2 Å². The first-order valence-corrected chi connectivity index (χ1v) is 6.70. The van der Waals surface area contributed by atoms with Gasteiger partial charge in [-0.3, -0.25) is 0 Å². The van der Waals surface area contributed by atoms with E-state index in [2.05, 4.69) is 56.2 Å². The number of aryl methyl sites for hydroxylation is 1. The molecule has 18 heavy (non-hydrogen) atoms. The molecule has 0 saturated heterocycles. The van der Waals surface area contributed by atoms with E-state index >= 15 is 0 Å². The lowest BCUT2D eigenvalue weighted by Gasteiger charge is -2.23. The molecule has 0 heterocycles. The Balaban J connectivity index is 2.72. The molecule has 1 N–H and O–H groups in total. The van der Waals surface area contributed by atoms with E-state index in [1.807, 2.05) is 0 Å². The first-order chi connectivity index (χ1) is 8.58. The summed E-state index contributed by atoms with van der Waals surface area (Å²) in [5.41, 5.74) is 2.51. The van der Waals surface area contributed by atoms with Crippen molar-refractivity contribution in [2.75, 3.05) is 32.1 Å². The number of rotatable bonds is 7. The number of hydrogen-bond donors (Lipinski definition) is 1. The van der Waals surface area contributed by atoms with Crippen molar-refractivity contribution in [2.45, 2.75) is 33.2 Å². The largest absolute Gasteiger partial charge is 0.495 e. The Hall–Kier alpha value is -1.22. The molecule has 1 rings (SSSR count). The van der Waals surface area contributed by atoms with Crippen LogP contribution in [0.1, 0.15) is 26.3 Å². The van der Waals surface area contributed by atoms with E-state index in [0.717, 1.165) is 25.3 Å². The molecule has 102 valence electrons. The summed E-state index contributed by atoms with van der Waals surface area (Å²) < 4.78 is 5.43. The molecule has 0 amide bonds. The SMILES string of the molecule is CCc1ccc(OC)c(N(C)CCNC(C)C)c1. The quantitative estimate of drug-likeness (QED) is 0.805. The molecule has 0 unspecified atom stereocenters. The van der Waals surface area contributed by atoms with Crippen LogP contribution in [0.25, 0.3) is 0 Å². The molecule has 3 heteroatoms. The van der Waals surface area contributed by atoms with Gasteiger partial charge in [0.15, 0.2) is 0 Å². The number of methoxy groups -OCH3 is 1. The lowest BCUT2D eigenvalue weighted by Crippen LogP contribution is -2.33. The van der Waals surface area contributed by atoms with Gasteiger partial charge in [-0.05, 0) is 24.1 Å². The standard InChI is InChI=1S/C15H26N2O/c1-6-13-7-8-15(18-5)14(11-13)17(4)10-9-16-12(2)3/h7-8,11-12,16H,6,9-10H2,1-5H3. The highest BCUT2D eigenvalue weighted by Gasteiger charge is 2.08. The average molecular weight is 250 g/mol. The minimum atomic E-state index is 0.530. The smallest absolute Gasteiger partial charge is 0.142 e. The maximum absolute atomic E-state index is 5.43. The predicted octanol–water partition coefficient (Wildman–Crippen LogP) is 2.69. The minimum absolute atomic E-state index is 0.530. The van der Waals surface area contributed by atoms with Crippen LogP contribution in [0.15, 0.2) is 18.2 Å². The van der Waals surface area contributed by atoms with Gasteiger partial charge in [0.25, 0.3) is 0 Å². The highest BCUT2D eigenvalue weighted by molar-refractivity contribution is 5.59. The molecular weight excluding hydrogens is 224 g/mol. The third kappa shape index (κ3) is 4.22. The van der Waals surface area contributed by atoms with Crippen LogP contribution in [-0.4, -0.2) is 33.3 Å². The van der Waals surface area contributed by atoms with Crippen LogP contribution in [0.4, 0.5) is 5.69 Å². The maximum Gasteiger partial charge on any atom is 0.142 e. The molecule has 3 nitrogen and oxygen atoms in total. The predicted molar refractivity (Wildman–Crippen MR) is 78.8 cm³/mol. The lowest BCUT2D eigenvalue weighted by molar-refractivity contribution is 0.414.